The van der Waals surface area contributed by atoms with Crippen LogP contribution in [0.5, 0.6) is 5.75 Å². The Balaban J connectivity index is 1.43. The van der Waals surface area contributed by atoms with Crippen LogP contribution in [0.2, 0.25) is 5.02 Å². The van der Waals surface area contributed by atoms with E-state index >= 15 is 0 Å². The van der Waals surface area contributed by atoms with Gasteiger partial charge >= 0.3 is 0 Å². The van der Waals surface area contributed by atoms with Crippen LogP contribution in [0.25, 0.3) is 23.0 Å². The molecule has 0 aliphatic carbocycles. The molecule has 5 aromatic rings. The molecule has 1 N–H and O–H groups in total. The number of para-hydroxylation sites is 1. The summed E-state index contributed by atoms with van der Waals surface area (Å²) in [6.07, 6.45) is 3.40. The van der Waals surface area contributed by atoms with Gasteiger partial charge in [0, 0.05) is 27.9 Å². The van der Waals surface area contributed by atoms with Gasteiger partial charge < -0.3 is 10.1 Å². The second-order valence-electron chi connectivity index (χ2n) is 9.39. The quantitative estimate of drug-likeness (QED) is 0.149. The largest absolute Gasteiger partial charge is 0.489 e. The summed E-state index contributed by atoms with van der Waals surface area (Å²) in [6, 6.07) is 36.2. The van der Waals surface area contributed by atoms with E-state index in [2.05, 4.69) is 11.4 Å². The highest BCUT2D eigenvalue weighted by molar-refractivity contribution is 6.31. The van der Waals surface area contributed by atoms with E-state index in [9.17, 15) is 10.1 Å². The molecule has 202 valence electrons. The number of hydrogen-bond acceptors (Lipinski definition) is 4. The van der Waals surface area contributed by atoms with Gasteiger partial charge in [-0.3, -0.25) is 4.79 Å². The third kappa shape index (κ3) is 6.73. The molecule has 1 unspecified atom stereocenters. The Labute approximate surface area is 244 Å². The standard InChI is InChI=1S/C34H27ClN4O2/c1-24(25-10-4-2-5-11-25)37-34(40)28(21-36)20-29-22-39(30-13-6-3-7-14-30)38-33(29)26-16-18-31(19-17-26)41-23-27-12-8-9-15-32(27)35/h2-20,22,24H,23H2,1H3,(H,37,40)/b28-20+. The van der Waals surface area contributed by atoms with Gasteiger partial charge in [-0.25, -0.2) is 4.68 Å². The molecule has 0 saturated carbocycles. The van der Waals surface area contributed by atoms with Crippen LogP contribution in [0.3, 0.4) is 0 Å². The highest BCUT2D eigenvalue weighted by Gasteiger charge is 2.17. The maximum absolute atomic E-state index is 13.1. The van der Waals surface area contributed by atoms with Gasteiger partial charge in [0.05, 0.1) is 17.4 Å². The van der Waals surface area contributed by atoms with Crippen LogP contribution in [-0.4, -0.2) is 15.7 Å². The maximum atomic E-state index is 13.1. The molecule has 1 heterocycles. The molecule has 1 aromatic heterocycles. The number of carbonyl (C=O) groups excluding carboxylic acids is 1. The second-order valence-corrected chi connectivity index (χ2v) is 9.80. The molecule has 4 aromatic carbocycles. The van der Waals surface area contributed by atoms with E-state index in [1.807, 2.05) is 122 Å². The molecule has 0 aliphatic rings. The van der Waals surface area contributed by atoms with Crippen molar-refractivity contribution in [1.29, 1.82) is 5.26 Å². The monoisotopic (exact) mass is 558 g/mol. The molecule has 0 saturated heterocycles. The minimum Gasteiger partial charge on any atom is -0.489 e. The van der Waals surface area contributed by atoms with Crippen molar-refractivity contribution in [2.24, 2.45) is 0 Å². The van der Waals surface area contributed by atoms with Crippen LogP contribution >= 0.6 is 11.6 Å². The Kier molecular flexibility index (Phi) is 8.58. The molecular formula is C34H27ClN4O2. The molecular weight excluding hydrogens is 532 g/mol. The van der Waals surface area contributed by atoms with Crippen LogP contribution in [0.15, 0.2) is 121 Å². The number of nitriles is 1. The summed E-state index contributed by atoms with van der Waals surface area (Å²) < 4.78 is 7.68. The van der Waals surface area contributed by atoms with E-state index in [0.29, 0.717) is 28.6 Å². The molecule has 1 amide bonds. The van der Waals surface area contributed by atoms with Gasteiger partial charge in [0.1, 0.15) is 24.0 Å². The number of halogens is 1. The number of carbonyl (C=O) groups is 1. The number of benzene rings is 4. The maximum Gasteiger partial charge on any atom is 0.262 e. The summed E-state index contributed by atoms with van der Waals surface area (Å²) in [5.74, 6) is 0.228. The summed E-state index contributed by atoms with van der Waals surface area (Å²) in [6.45, 7) is 2.23. The molecule has 0 bridgehead atoms. The van der Waals surface area contributed by atoms with Crippen LogP contribution in [-0.2, 0) is 11.4 Å². The third-order valence-corrected chi connectivity index (χ3v) is 6.92. The number of ether oxygens (including phenoxy) is 1. The summed E-state index contributed by atoms with van der Waals surface area (Å²) >= 11 is 6.25. The summed E-state index contributed by atoms with van der Waals surface area (Å²) in [5.41, 5.74) is 4.77. The van der Waals surface area contributed by atoms with E-state index in [1.54, 1.807) is 10.8 Å². The number of rotatable bonds is 9. The van der Waals surface area contributed by atoms with E-state index in [4.69, 9.17) is 21.4 Å². The average molecular weight is 559 g/mol. The highest BCUT2D eigenvalue weighted by atomic mass is 35.5. The zero-order valence-electron chi connectivity index (χ0n) is 22.4. The first-order valence-electron chi connectivity index (χ1n) is 13.1. The van der Waals surface area contributed by atoms with E-state index < -0.39 is 5.91 Å². The lowest BCUT2D eigenvalue weighted by molar-refractivity contribution is -0.117. The molecule has 0 radical (unpaired) electrons. The lowest BCUT2D eigenvalue weighted by Gasteiger charge is -2.13. The molecule has 6 nitrogen and oxygen atoms in total. The normalized spacial score (nSPS) is 11.9. The molecule has 0 fully saturated rings. The second kappa shape index (κ2) is 12.8. The summed E-state index contributed by atoms with van der Waals surface area (Å²) in [7, 11) is 0. The van der Waals surface area contributed by atoms with Gasteiger partial charge in [-0.15, -0.1) is 0 Å². The van der Waals surface area contributed by atoms with Crippen molar-refractivity contribution >= 4 is 23.6 Å². The predicted molar refractivity (Wildman–Crippen MR) is 161 cm³/mol. The number of nitrogens with zero attached hydrogens (tertiary/aromatic N) is 3. The first-order valence-corrected chi connectivity index (χ1v) is 13.5. The Morgan fingerprint density at radius 3 is 2.32 bits per heavy atom. The molecule has 1 atom stereocenters. The van der Waals surface area contributed by atoms with Gasteiger partial charge in [-0.1, -0.05) is 78.3 Å². The van der Waals surface area contributed by atoms with Crippen LogP contribution in [0.4, 0.5) is 0 Å². The predicted octanol–water partition coefficient (Wildman–Crippen LogP) is 7.56. The minimum absolute atomic E-state index is 0.0127. The van der Waals surface area contributed by atoms with Crippen molar-refractivity contribution < 1.29 is 9.53 Å². The van der Waals surface area contributed by atoms with E-state index in [0.717, 1.165) is 22.4 Å². The Morgan fingerprint density at radius 1 is 0.976 bits per heavy atom. The SMILES string of the molecule is CC(NC(=O)/C(C#N)=C/c1cn(-c2ccccc2)nc1-c1ccc(OCc2ccccc2Cl)cc1)c1ccccc1. The zero-order valence-corrected chi connectivity index (χ0v) is 23.1. The molecule has 7 heteroatoms. The lowest BCUT2D eigenvalue weighted by atomic mass is 10.0. The van der Waals surface area contributed by atoms with Crippen molar-refractivity contribution in [3.05, 3.63) is 143 Å². The first-order chi connectivity index (χ1) is 20.0. The van der Waals surface area contributed by atoms with Crippen molar-refractivity contribution in [2.75, 3.05) is 0 Å². The summed E-state index contributed by atoms with van der Waals surface area (Å²) in [4.78, 5) is 13.1. The number of nitrogens with one attached hydrogen (secondary N) is 1. The Morgan fingerprint density at radius 2 is 1.63 bits per heavy atom. The van der Waals surface area contributed by atoms with E-state index in [1.165, 1.54) is 0 Å². The van der Waals surface area contributed by atoms with E-state index in [-0.39, 0.29) is 11.6 Å². The molecule has 41 heavy (non-hydrogen) atoms. The Hall–Kier alpha value is -5.12. The Bertz CT molecular complexity index is 1710. The van der Waals surface area contributed by atoms with Crippen molar-refractivity contribution in [3.63, 3.8) is 0 Å². The fraction of sp³-hybridized carbons (Fsp3) is 0.0882. The minimum atomic E-state index is -0.453. The smallest absolute Gasteiger partial charge is 0.262 e. The van der Waals surface area contributed by atoms with Gasteiger partial charge in [0.2, 0.25) is 0 Å². The zero-order chi connectivity index (χ0) is 28.6. The average Bonchev–Trinajstić information content (AvgIpc) is 3.44. The van der Waals surface area contributed by atoms with Crippen molar-refractivity contribution in [3.8, 4) is 28.8 Å². The van der Waals surface area contributed by atoms with Gasteiger partial charge in [0.15, 0.2) is 0 Å². The topological polar surface area (TPSA) is 79.9 Å². The number of amides is 1. The van der Waals surface area contributed by atoms with Gasteiger partial charge in [0.25, 0.3) is 5.91 Å². The van der Waals surface area contributed by atoms with Crippen molar-refractivity contribution in [2.45, 2.75) is 19.6 Å². The first kappa shape index (κ1) is 27.4. The summed E-state index contributed by atoms with van der Waals surface area (Å²) in [5, 5.41) is 18.3. The fourth-order valence-corrected chi connectivity index (χ4v) is 4.51. The molecule has 0 aliphatic heterocycles. The number of hydrogen-bond donors (Lipinski definition) is 1. The lowest BCUT2D eigenvalue weighted by Crippen LogP contribution is -2.27. The third-order valence-electron chi connectivity index (χ3n) is 6.56. The highest BCUT2D eigenvalue weighted by Crippen LogP contribution is 2.28. The van der Waals surface area contributed by atoms with Crippen LogP contribution in [0.1, 0.15) is 29.7 Å². The molecule has 0 spiro atoms. The van der Waals surface area contributed by atoms with Gasteiger partial charge in [-0.2, -0.15) is 10.4 Å². The number of aromatic nitrogens is 2. The molecule has 5 rings (SSSR count). The fourth-order valence-electron chi connectivity index (χ4n) is 4.32. The van der Waals surface area contributed by atoms with Crippen LogP contribution in [0, 0.1) is 11.3 Å². The van der Waals surface area contributed by atoms with Gasteiger partial charge in [-0.05, 0) is 61.0 Å². The van der Waals surface area contributed by atoms with Crippen molar-refractivity contribution in [1.82, 2.24) is 15.1 Å². The van der Waals surface area contributed by atoms with Crippen LogP contribution < -0.4 is 10.1 Å².